The van der Waals surface area contributed by atoms with E-state index in [9.17, 15) is 14.0 Å². The fourth-order valence-electron chi connectivity index (χ4n) is 2.28. The number of rotatable bonds is 7. The van der Waals surface area contributed by atoms with Gasteiger partial charge in [-0.25, -0.2) is 18.4 Å². The van der Waals surface area contributed by atoms with Crippen LogP contribution in [0.2, 0.25) is 0 Å². The van der Waals surface area contributed by atoms with Crippen molar-refractivity contribution in [3.05, 3.63) is 39.0 Å². The van der Waals surface area contributed by atoms with Crippen LogP contribution in [-0.2, 0) is 4.79 Å². The third-order valence-corrected chi connectivity index (χ3v) is 4.23. The molecule has 3 rings (SSSR count). The molecule has 0 saturated carbocycles. The third kappa shape index (κ3) is 4.05. The van der Waals surface area contributed by atoms with E-state index < -0.39 is 11.6 Å². The van der Waals surface area contributed by atoms with Gasteiger partial charge in [0.2, 0.25) is 17.5 Å². The first-order valence-corrected chi connectivity index (χ1v) is 8.62. The number of anilines is 1. The summed E-state index contributed by atoms with van der Waals surface area (Å²) in [5, 5.41) is 16.7. The van der Waals surface area contributed by atoms with E-state index in [0.29, 0.717) is 25.1 Å². The number of hydrogen-bond acceptors (Lipinski definition) is 8. The molecule has 0 aliphatic carbocycles. The van der Waals surface area contributed by atoms with Crippen LogP contribution in [0.4, 0.5) is 10.2 Å². The van der Waals surface area contributed by atoms with Crippen LogP contribution in [-0.4, -0.2) is 39.5 Å². The fourth-order valence-corrected chi connectivity index (χ4v) is 2.65. The Morgan fingerprint density at radius 2 is 2.15 bits per heavy atom. The van der Waals surface area contributed by atoms with E-state index in [1.165, 1.54) is 18.2 Å². The number of carbonyl (C=O) groups excluding carboxylic acids is 1. The average molecular weight is 441 g/mol. The Balaban J connectivity index is 1.86. The molecular formula is C15H14BrFN6O4. The summed E-state index contributed by atoms with van der Waals surface area (Å²) in [6.07, 6.45) is 0.880. The molecule has 0 radical (unpaired) electrons. The van der Waals surface area contributed by atoms with Crippen molar-refractivity contribution in [2.75, 3.05) is 18.9 Å². The molecule has 0 atom stereocenters. The summed E-state index contributed by atoms with van der Waals surface area (Å²) in [5.74, 6) is -1.07. The number of nitrogens with one attached hydrogen (secondary N) is 2. The Morgan fingerprint density at radius 1 is 1.33 bits per heavy atom. The summed E-state index contributed by atoms with van der Waals surface area (Å²) in [7, 11) is 1.56. The molecule has 0 unspecified atom stereocenters. The molecule has 0 bridgehead atoms. The van der Waals surface area contributed by atoms with Gasteiger partial charge in [-0.05, 0) is 50.9 Å². The second-order valence-corrected chi connectivity index (χ2v) is 6.23. The van der Waals surface area contributed by atoms with Crippen molar-refractivity contribution in [1.29, 1.82) is 0 Å². The monoisotopic (exact) mass is 440 g/mol. The number of carbonyl (C=O) groups is 1. The van der Waals surface area contributed by atoms with E-state index in [4.69, 9.17) is 9.15 Å². The Labute approximate surface area is 159 Å². The first kappa shape index (κ1) is 18.8. The van der Waals surface area contributed by atoms with Crippen LogP contribution in [0.5, 0.6) is 0 Å². The van der Waals surface area contributed by atoms with Crippen molar-refractivity contribution >= 4 is 27.7 Å². The van der Waals surface area contributed by atoms with Crippen LogP contribution < -0.4 is 16.4 Å². The molecule has 1 aromatic carbocycles. The second-order valence-electron chi connectivity index (χ2n) is 5.37. The van der Waals surface area contributed by atoms with Crippen molar-refractivity contribution < 1.29 is 18.3 Å². The van der Waals surface area contributed by atoms with Gasteiger partial charge in [-0.2, -0.15) is 0 Å². The maximum atomic E-state index is 13.5. The summed E-state index contributed by atoms with van der Waals surface area (Å²) in [6, 6.07) is 4.00. The van der Waals surface area contributed by atoms with Gasteiger partial charge >= 0.3 is 5.76 Å². The first-order valence-electron chi connectivity index (χ1n) is 7.82. The predicted octanol–water partition coefficient (Wildman–Crippen LogP) is 1.72. The van der Waals surface area contributed by atoms with Crippen LogP contribution in [0, 0.1) is 5.82 Å². The number of hydrogen-bond donors (Lipinski definition) is 2. The van der Waals surface area contributed by atoms with Crippen molar-refractivity contribution in [2.24, 2.45) is 0 Å². The Bertz CT molecular complexity index is 1010. The van der Waals surface area contributed by atoms with E-state index in [2.05, 4.69) is 42.0 Å². The summed E-state index contributed by atoms with van der Waals surface area (Å²) in [6.45, 7) is 0.415. The molecule has 0 fully saturated rings. The molecule has 0 saturated heterocycles. The largest absolute Gasteiger partial charge is 0.446 e. The zero-order valence-electron chi connectivity index (χ0n) is 14.0. The summed E-state index contributed by atoms with van der Waals surface area (Å²) in [4.78, 5) is 23.3. The number of aromatic nitrogens is 4. The first-order chi connectivity index (χ1) is 13.0. The zero-order valence-corrected chi connectivity index (χ0v) is 15.6. The molecule has 2 aromatic heterocycles. The van der Waals surface area contributed by atoms with Crippen molar-refractivity contribution in [3.63, 3.8) is 0 Å². The van der Waals surface area contributed by atoms with Gasteiger partial charge in [0.25, 0.3) is 0 Å². The number of amides is 1. The minimum atomic E-state index is -0.780. The zero-order chi connectivity index (χ0) is 19.4. The van der Waals surface area contributed by atoms with Gasteiger partial charge in [0.15, 0.2) is 5.69 Å². The van der Waals surface area contributed by atoms with E-state index in [-0.39, 0.29) is 27.7 Å². The summed E-state index contributed by atoms with van der Waals surface area (Å²) in [5.41, 5.74) is 0.458. The minimum absolute atomic E-state index is 0.0357. The molecule has 1 amide bonds. The smallest absolute Gasteiger partial charge is 0.365 e. The standard InChI is InChI=1S/C15H14BrFN6O4/c1-18-11(24)3-2-6-19-13-12(20-27-21-13)14-22-26-15(25)23(14)8-4-5-10(17)9(16)7-8/h4-5,7H,2-3,6H2,1H3,(H,18,24)(H,19,21). The van der Waals surface area contributed by atoms with Crippen LogP contribution in [0.15, 0.2) is 36.6 Å². The maximum absolute atomic E-state index is 13.5. The lowest BCUT2D eigenvalue weighted by Crippen LogP contribution is -2.18. The highest BCUT2D eigenvalue weighted by Crippen LogP contribution is 2.26. The van der Waals surface area contributed by atoms with Crippen molar-refractivity contribution in [1.82, 2.24) is 25.4 Å². The molecule has 27 heavy (non-hydrogen) atoms. The topological polar surface area (TPSA) is 128 Å². The SMILES string of the molecule is CNC(=O)CCCNc1nonc1-c1noc(=O)n1-c1ccc(F)c(Br)c1. The average Bonchev–Trinajstić information content (AvgIpc) is 3.27. The molecule has 0 aliphatic rings. The predicted molar refractivity (Wildman–Crippen MR) is 94.8 cm³/mol. The van der Waals surface area contributed by atoms with Crippen LogP contribution in [0.3, 0.4) is 0 Å². The van der Waals surface area contributed by atoms with Gasteiger partial charge in [0, 0.05) is 20.0 Å². The van der Waals surface area contributed by atoms with Gasteiger partial charge in [-0.15, -0.1) is 0 Å². The molecule has 12 heteroatoms. The highest BCUT2D eigenvalue weighted by molar-refractivity contribution is 9.10. The Hall–Kier alpha value is -3.02. The Kier molecular flexibility index (Phi) is 5.64. The van der Waals surface area contributed by atoms with Crippen molar-refractivity contribution in [3.8, 4) is 17.2 Å². The number of nitrogens with zero attached hydrogens (tertiary/aromatic N) is 4. The van der Waals surface area contributed by atoms with Crippen LogP contribution in [0.25, 0.3) is 17.2 Å². The highest BCUT2D eigenvalue weighted by atomic mass is 79.9. The van der Waals surface area contributed by atoms with Gasteiger partial charge in [0.1, 0.15) is 5.82 Å². The maximum Gasteiger partial charge on any atom is 0.446 e. The molecule has 0 aliphatic heterocycles. The molecule has 2 heterocycles. The third-order valence-electron chi connectivity index (χ3n) is 3.62. The molecular weight excluding hydrogens is 427 g/mol. The Morgan fingerprint density at radius 3 is 2.89 bits per heavy atom. The molecule has 3 aromatic rings. The fraction of sp³-hybridized carbons (Fsp3) is 0.267. The van der Waals surface area contributed by atoms with E-state index >= 15 is 0 Å². The normalized spacial score (nSPS) is 10.8. The van der Waals surface area contributed by atoms with Crippen LogP contribution >= 0.6 is 15.9 Å². The number of benzene rings is 1. The van der Waals surface area contributed by atoms with Gasteiger partial charge in [0.05, 0.1) is 10.2 Å². The van der Waals surface area contributed by atoms with Crippen molar-refractivity contribution in [2.45, 2.75) is 12.8 Å². The molecule has 0 spiro atoms. The van der Waals surface area contributed by atoms with E-state index in [1.54, 1.807) is 7.05 Å². The lowest BCUT2D eigenvalue weighted by Gasteiger charge is -2.06. The molecule has 142 valence electrons. The minimum Gasteiger partial charge on any atom is -0.365 e. The lowest BCUT2D eigenvalue weighted by molar-refractivity contribution is -0.120. The summed E-state index contributed by atoms with van der Waals surface area (Å²) < 4.78 is 24.2. The van der Waals surface area contributed by atoms with Gasteiger partial charge < -0.3 is 10.6 Å². The lowest BCUT2D eigenvalue weighted by atomic mass is 10.3. The molecule has 2 N–H and O–H groups in total. The number of halogens is 2. The van der Waals surface area contributed by atoms with E-state index in [1.807, 2.05) is 0 Å². The highest BCUT2D eigenvalue weighted by Gasteiger charge is 2.23. The van der Waals surface area contributed by atoms with Gasteiger partial charge in [-0.3, -0.25) is 9.32 Å². The second kappa shape index (κ2) is 8.12. The molecule has 10 nitrogen and oxygen atoms in total. The quantitative estimate of drug-likeness (QED) is 0.531. The van der Waals surface area contributed by atoms with Crippen LogP contribution in [0.1, 0.15) is 12.8 Å². The van der Waals surface area contributed by atoms with E-state index in [0.717, 1.165) is 4.57 Å². The van der Waals surface area contributed by atoms with Gasteiger partial charge in [-0.1, -0.05) is 5.16 Å². The summed E-state index contributed by atoms with van der Waals surface area (Å²) >= 11 is 3.07.